The van der Waals surface area contributed by atoms with Gasteiger partial charge in [0.25, 0.3) is 0 Å². The Labute approximate surface area is 84.5 Å². The summed E-state index contributed by atoms with van der Waals surface area (Å²) in [6.45, 7) is 3.68. The number of allylic oxidation sites excluding steroid dienone is 1. The Balaban J connectivity index is 2.17. The minimum absolute atomic E-state index is 0.199. The first kappa shape index (κ1) is 9.20. The first-order valence-corrected chi connectivity index (χ1v) is 5.06. The van der Waals surface area contributed by atoms with Gasteiger partial charge in [0.1, 0.15) is 0 Å². The fraction of sp³-hybridized carbons (Fsp3) is 0.308. The molecule has 1 heteroatoms. The number of rotatable bonds is 3. The number of hydrogen-bond donors (Lipinski definition) is 0. The smallest absolute Gasteiger partial charge is 0.166 e. The van der Waals surface area contributed by atoms with Crippen LogP contribution in [0.5, 0.6) is 0 Å². The lowest BCUT2D eigenvalue weighted by Crippen LogP contribution is -2.08. The fourth-order valence-electron chi connectivity index (χ4n) is 2.07. The van der Waals surface area contributed by atoms with Gasteiger partial charge < -0.3 is 0 Å². The van der Waals surface area contributed by atoms with Crippen molar-refractivity contribution in [2.24, 2.45) is 5.92 Å². The molecule has 0 aromatic heterocycles. The minimum Gasteiger partial charge on any atom is -0.294 e. The standard InChI is InChI=1S/C13H14O/c1-2-3-6-11-9-10-7-4-5-8-12(10)13(11)14/h2,4-5,7-8,11H,1,3,6,9H2. The quantitative estimate of drug-likeness (QED) is 0.663. The van der Waals surface area contributed by atoms with Crippen LogP contribution >= 0.6 is 0 Å². The molecule has 1 aromatic carbocycles. The van der Waals surface area contributed by atoms with E-state index in [1.54, 1.807) is 0 Å². The van der Waals surface area contributed by atoms with E-state index in [0.717, 1.165) is 24.8 Å². The largest absolute Gasteiger partial charge is 0.294 e. The highest BCUT2D eigenvalue weighted by Crippen LogP contribution is 2.29. The molecule has 1 aromatic rings. The van der Waals surface area contributed by atoms with E-state index in [0.29, 0.717) is 5.78 Å². The maximum Gasteiger partial charge on any atom is 0.166 e. The van der Waals surface area contributed by atoms with Gasteiger partial charge in [0.05, 0.1) is 0 Å². The molecule has 1 nitrogen and oxygen atoms in total. The normalized spacial score (nSPS) is 19.4. The van der Waals surface area contributed by atoms with E-state index >= 15 is 0 Å². The van der Waals surface area contributed by atoms with Gasteiger partial charge in [-0.05, 0) is 24.8 Å². The lowest BCUT2D eigenvalue weighted by Gasteiger charge is -2.03. The summed E-state index contributed by atoms with van der Waals surface area (Å²) in [5.41, 5.74) is 2.15. The number of ketones is 1. The number of Topliss-reactive ketones (excluding diaryl/α,β-unsaturated/α-hetero) is 1. The van der Waals surface area contributed by atoms with Gasteiger partial charge >= 0.3 is 0 Å². The number of carbonyl (C=O) groups is 1. The van der Waals surface area contributed by atoms with E-state index in [-0.39, 0.29) is 5.92 Å². The molecule has 72 valence electrons. The molecule has 0 aliphatic heterocycles. The molecule has 0 heterocycles. The van der Waals surface area contributed by atoms with Crippen molar-refractivity contribution in [3.63, 3.8) is 0 Å². The molecule has 0 radical (unpaired) electrons. The Morgan fingerprint density at radius 2 is 2.21 bits per heavy atom. The van der Waals surface area contributed by atoms with Crippen molar-refractivity contribution in [2.75, 3.05) is 0 Å². The zero-order chi connectivity index (χ0) is 9.97. The highest BCUT2D eigenvalue weighted by Gasteiger charge is 2.28. The van der Waals surface area contributed by atoms with E-state index in [9.17, 15) is 4.79 Å². The van der Waals surface area contributed by atoms with Crippen LogP contribution in [0.1, 0.15) is 28.8 Å². The molecule has 0 spiro atoms. The van der Waals surface area contributed by atoms with Crippen LogP contribution in [0.2, 0.25) is 0 Å². The van der Waals surface area contributed by atoms with Crippen molar-refractivity contribution in [1.29, 1.82) is 0 Å². The number of benzene rings is 1. The van der Waals surface area contributed by atoms with Gasteiger partial charge in [-0.3, -0.25) is 4.79 Å². The molecule has 0 bridgehead atoms. The molecule has 1 aliphatic carbocycles. The van der Waals surface area contributed by atoms with Gasteiger partial charge in [-0.2, -0.15) is 0 Å². The average Bonchev–Trinajstić information content (AvgIpc) is 2.54. The first-order valence-electron chi connectivity index (χ1n) is 5.06. The second-order valence-electron chi connectivity index (χ2n) is 3.79. The lowest BCUT2D eigenvalue weighted by molar-refractivity contribution is 0.0931. The third kappa shape index (κ3) is 1.50. The molecular weight excluding hydrogens is 172 g/mol. The zero-order valence-corrected chi connectivity index (χ0v) is 8.20. The van der Waals surface area contributed by atoms with E-state index in [2.05, 4.69) is 12.6 Å². The average molecular weight is 186 g/mol. The van der Waals surface area contributed by atoms with Gasteiger partial charge in [0.2, 0.25) is 0 Å². The van der Waals surface area contributed by atoms with Crippen LogP contribution in [0.4, 0.5) is 0 Å². The molecule has 1 unspecified atom stereocenters. The molecule has 0 fully saturated rings. The Kier molecular flexibility index (Phi) is 2.49. The van der Waals surface area contributed by atoms with Crippen molar-refractivity contribution in [3.8, 4) is 0 Å². The summed E-state index contributed by atoms with van der Waals surface area (Å²) in [7, 11) is 0. The monoisotopic (exact) mass is 186 g/mol. The van der Waals surface area contributed by atoms with Crippen molar-refractivity contribution in [2.45, 2.75) is 19.3 Å². The zero-order valence-electron chi connectivity index (χ0n) is 8.20. The van der Waals surface area contributed by atoms with Crippen LogP contribution < -0.4 is 0 Å². The molecule has 1 aliphatic rings. The topological polar surface area (TPSA) is 17.1 Å². The van der Waals surface area contributed by atoms with Crippen molar-refractivity contribution in [3.05, 3.63) is 48.0 Å². The Morgan fingerprint density at radius 3 is 2.93 bits per heavy atom. The highest BCUT2D eigenvalue weighted by molar-refractivity contribution is 6.02. The van der Waals surface area contributed by atoms with Crippen LogP contribution in [-0.4, -0.2) is 5.78 Å². The predicted molar refractivity (Wildman–Crippen MR) is 57.4 cm³/mol. The molecule has 14 heavy (non-hydrogen) atoms. The Hall–Kier alpha value is -1.37. The van der Waals surface area contributed by atoms with Crippen LogP contribution in [0.3, 0.4) is 0 Å². The van der Waals surface area contributed by atoms with Gasteiger partial charge in [-0.25, -0.2) is 0 Å². The van der Waals surface area contributed by atoms with Crippen molar-refractivity contribution >= 4 is 5.78 Å². The molecule has 0 N–H and O–H groups in total. The lowest BCUT2D eigenvalue weighted by atomic mass is 9.99. The summed E-state index contributed by atoms with van der Waals surface area (Å²) in [6.07, 6.45) is 4.68. The van der Waals surface area contributed by atoms with Crippen molar-refractivity contribution < 1.29 is 4.79 Å². The van der Waals surface area contributed by atoms with Gasteiger partial charge in [0, 0.05) is 11.5 Å². The Morgan fingerprint density at radius 1 is 1.43 bits per heavy atom. The molecule has 2 rings (SSSR count). The maximum atomic E-state index is 11.9. The fourth-order valence-corrected chi connectivity index (χ4v) is 2.07. The van der Waals surface area contributed by atoms with Crippen LogP contribution in [0.25, 0.3) is 0 Å². The number of carbonyl (C=O) groups excluding carboxylic acids is 1. The minimum atomic E-state index is 0.199. The third-order valence-corrected chi connectivity index (χ3v) is 2.84. The van der Waals surface area contributed by atoms with E-state index in [4.69, 9.17) is 0 Å². The molecule has 0 saturated carbocycles. The van der Waals surface area contributed by atoms with Crippen LogP contribution in [0, 0.1) is 5.92 Å². The summed E-state index contributed by atoms with van der Waals surface area (Å²) < 4.78 is 0. The summed E-state index contributed by atoms with van der Waals surface area (Å²) in [5.74, 6) is 0.521. The van der Waals surface area contributed by atoms with E-state index in [1.807, 2.05) is 24.3 Å². The number of hydrogen-bond acceptors (Lipinski definition) is 1. The molecule has 1 atom stereocenters. The number of fused-ring (bicyclic) bond motifs is 1. The highest BCUT2D eigenvalue weighted by atomic mass is 16.1. The summed E-state index contributed by atoms with van der Waals surface area (Å²) >= 11 is 0. The summed E-state index contributed by atoms with van der Waals surface area (Å²) in [6, 6.07) is 7.93. The molecular formula is C13H14O. The second kappa shape index (κ2) is 3.79. The predicted octanol–water partition coefficient (Wildman–Crippen LogP) is 3.01. The summed E-state index contributed by atoms with van der Waals surface area (Å²) in [4.78, 5) is 11.9. The molecule has 0 saturated heterocycles. The van der Waals surface area contributed by atoms with E-state index < -0.39 is 0 Å². The van der Waals surface area contributed by atoms with Gasteiger partial charge in [-0.15, -0.1) is 6.58 Å². The maximum absolute atomic E-state index is 11.9. The van der Waals surface area contributed by atoms with Crippen LogP contribution in [0.15, 0.2) is 36.9 Å². The molecule has 0 amide bonds. The third-order valence-electron chi connectivity index (χ3n) is 2.84. The van der Waals surface area contributed by atoms with Crippen LogP contribution in [-0.2, 0) is 6.42 Å². The summed E-state index contributed by atoms with van der Waals surface area (Å²) in [5, 5.41) is 0. The van der Waals surface area contributed by atoms with E-state index in [1.165, 1.54) is 5.56 Å². The van der Waals surface area contributed by atoms with Crippen molar-refractivity contribution in [1.82, 2.24) is 0 Å². The first-order chi connectivity index (χ1) is 6.83. The van der Waals surface area contributed by atoms with Gasteiger partial charge in [0.15, 0.2) is 5.78 Å². The second-order valence-corrected chi connectivity index (χ2v) is 3.79. The SMILES string of the molecule is C=CCCC1Cc2ccccc2C1=O. The Bertz CT molecular complexity index is 365. The van der Waals surface area contributed by atoms with Gasteiger partial charge in [-0.1, -0.05) is 30.3 Å².